The van der Waals surface area contributed by atoms with Crippen LogP contribution in [0.25, 0.3) is 0 Å². The maximum atomic E-state index is 5.22. The van der Waals surface area contributed by atoms with E-state index < -0.39 is 0 Å². The first-order valence-electron chi connectivity index (χ1n) is 9.84. The maximum absolute atomic E-state index is 5.22. The third-order valence-electron chi connectivity index (χ3n) is 5.82. The van der Waals surface area contributed by atoms with Crippen molar-refractivity contribution in [3.8, 4) is 0 Å². The molecule has 2 aromatic rings. The molecule has 0 bridgehead atoms. The van der Waals surface area contributed by atoms with Crippen LogP contribution in [0.5, 0.6) is 0 Å². The van der Waals surface area contributed by atoms with Crippen molar-refractivity contribution in [3.05, 3.63) is 53.5 Å². The van der Waals surface area contributed by atoms with Crippen LogP contribution in [-0.4, -0.2) is 42.8 Å². The number of rotatable bonds is 5. The molecule has 0 aliphatic carbocycles. The zero-order chi connectivity index (χ0) is 18.6. The second kappa shape index (κ2) is 8.33. The number of hydrogen-bond donors (Lipinski definition) is 2. The fourth-order valence-electron chi connectivity index (χ4n) is 4.40. The molecule has 2 saturated heterocycles. The second-order valence-corrected chi connectivity index (χ2v) is 7.72. The standard InChI is InChI=1S/C21H29N5O/c1-15-5-7-16(8-6-15)19-11-24-25-21(19)17-4-3-9-26(12-17)20-10-18(13-27-2)22-14-23-20/h5-8,10,14,17,19,21,24-25H,3-4,9,11-13H2,1-2H3. The number of nitrogens with zero attached hydrogens (tertiary/aromatic N) is 3. The fraction of sp³-hybridized carbons (Fsp3) is 0.524. The highest BCUT2D eigenvalue weighted by Crippen LogP contribution is 2.33. The lowest BCUT2D eigenvalue weighted by Crippen LogP contribution is -2.46. The van der Waals surface area contributed by atoms with Gasteiger partial charge in [-0.2, -0.15) is 0 Å². The van der Waals surface area contributed by atoms with Crippen molar-refractivity contribution in [1.29, 1.82) is 0 Å². The van der Waals surface area contributed by atoms with Crippen molar-refractivity contribution in [2.24, 2.45) is 5.92 Å². The van der Waals surface area contributed by atoms with Crippen molar-refractivity contribution in [1.82, 2.24) is 20.8 Å². The van der Waals surface area contributed by atoms with E-state index in [0.29, 0.717) is 24.5 Å². The molecule has 2 N–H and O–H groups in total. The predicted octanol–water partition coefficient (Wildman–Crippen LogP) is 2.41. The second-order valence-electron chi connectivity index (χ2n) is 7.72. The van der Waals surface area contributed by atoms with Crippen LogP contribution in [0, 0.1) is 12.8 Å². The van der Waals surface area contributed by atoms with Crippen LogP contribution >= 0.6 is 0 Å². The average molecular weight is 367 g/mol. The molecular formula is C21H29N5O. The summed E-state index contributed by atoms with van der Waals surface area (Å²) in [6.07, 6.45) is 4.08. The summed E-state index contributed by atoms with van der Waals surface area (Å²) < 4.78 is 5.22. The molecule has 1 aromatic carbocycles. The van der Waals surface area contributed by atoms with Gasteiger partial charge in [-0.15, -0.1) is 0 Å². The lowest BCUT2D eigenvalue weighted by atomic mass is 9.81. The Hall–Kier alpha value is -2.02. The molecule has 0 spiro atoms. The number of nitrogens with one attached hydrogen (secondary N) is 2. The molecular weight excluding hydrogens is 338 g/mol. The largest absolute Gasteiger partial charge is 0.378 e. The molecule has 2 fully saturated rings. The number of ether oxygens (including phenoxy) is 1. The highest BCUT2D eigenvalue weighted by atomic mass is 16.5. The number of piperidine rings is 1. The summed E-state index contributed by atoms with van der Waals surface area (Å²) >= 11 is 0. The summed E-state index contributed by atoms with van der Waals surface area (Å²) in [6.45, 7) is 5.72. The Morgan fingerprint density at radius 1 is 1.22 bits per heavy atom. The highest BCUT2D eigenvalue weighted by Gasteiger charge is 2.36. The van der Waals surface area contributed by atoms with Gasteiger partial charge in [0, 0.05) is 44.8 Å². The zero-order valence-corrected chi connectivity index (χ0v) is 16.2. The molecule has 0 amide bonds. The molecule has 0 saturated carbocycles. The number of anilines is 1. The van der Waals surface area contributed by atoms with Gasteiger partial charge in [-0.1, -0.05) is 29.8 Å². The van der Waals surface area contributed by atoms with Gasteiger partial charge in [0.05, 0.1) is 12.3 Å². The summed E-state index contributed by atoms with van der Waals surface area (Å²) in [7, 11) is 1.70. The SMILES string of the molecule is COCc1cc(N2CCCC(C3NNCC3c3ccc(C)cc3)C2)ncn1. The Morgan fingerprint density at radius 3 is 2.89 bits per heavy atom. The lowest BCUT2D eigenvalue weighted by Gasteiger charge is -2.38. The number of benzene rings is 1. The van der Waals surface area contributed by atoms with Crippen LogP contribution in [0.3, 0.4) is 0 Å². The number of hydrazine groups is 1. The first-order chi connectivity index (χ1) is 13.2. The molecule has 3 heterocycles. The third kappa shape index (κ3) is 4.13. The number of aryl methyl sites for hydroxylation is 1. The van der Waals surface area contributed by atoms with Crippen LogP contribution in [0.1, 0.15) is 35.6 Å². The molecule has 6 heteroatoms. The van der Waals surface area contributed by atoms with Crippen LogP contribution in [0.4, 0.5) is 5.82 Å². The first kappa shape index (κ1) is 18.3. The van der Waals surface area contributed by atoms with E-state index in [1.54, 1.807) is 13.4 Å². The Morgan fingerprint density at radius 2 is 2.07 bits per heavy atom. The summed E-state index contributed by atoms with van der Waals surface area (Å²) in [5.41, 5.74) is 10.6. The molecule has 144 valence electrons. The molecule has 1 aromatic heterocycles. The van der Waals surface area contributed by atoms with E-state index in [2.05, 4.69) is 63.0 Å². The minimum atomic E-state index is 0.441. The fourth-order valence-corrected chi connectivity index (χ4v) is 4.40. The molecule has 27 heavy (non-hydrogen) atoms. The van der Waals surface area contributed by atoms with E-state index in [4.69, 9.17) is 4.74 Å². The lowest BCUT2D eigenvalue weighted by molar-refractivity contribution is 0.181. The zero-order valence-electron chi connectivity index (χ0n) is 16.2. The predicted molar refractivity (Wildman–Crippen MR) is 107 cm³/mol. The molecule has 0 radical (unpaired) electrons. The highest BCUT2D eigenvalue weighted by molar-refractivity contribution is 5.40. The van der Waals surface area contributed by atoms with Gasteiger partial charge >= 0.3 is 0 Å². The molecule has 4 rings (SSSR count). The molecule has 2 aliphatic heterocycles. The van der Waals surface area contributed by atoms with Gasteiger partial charge in [0.15, 0.2) is 0 Å². The van der Waals surface area contributed by atoms with Crippen LogP contribution in [-0.2, 0) is 11.3 Å². The normalized spacial score (nSPS) is 25.7. The van der Waals surface area contributed by atoms with Crippen molar-refractivity contribution >= 4 is 5.82 Å². The summed E-state index contributed by atoms with van der Waals surface area (Å²) in [5.74, 6) is 2.10. The van der Waals surface area contributed by atoms with Gasteiger partial charge in [0.25, 0.3) is 0 Å². The molecule has 2 aliphatic rings. The third-order valence-corrected chi connectivity index (χ3v) is 5.82. The van der Waals surface area contributed by atoms with Crippen molar-refractivity contribution in [2.75, 3.05) is 31.6 Å². The van der Waals surface area contributed by atoms with E-state index in [9.17, 15) is 0 Å². The van der Waals surface area contributed by atoms with Gasteiger partial charge in [-0.25, -0.2) is 9.97 Å². The Labute approximate surface area is 161 Å². The number of aromatic nitrogens is 2. The van der Waals surface area contributed by atoms with Gasteiger partial charge in [-0.3, -0.25) is 10.9 Å². The van der Waals surface area contributed by atoms with E-state index in [1.165, 1.54) is 24.0 Å². The van der Waals surface area contributed by atoms with Gasteiger partial charge in [-0.05, 0) is 31.2 Å². The smallest absolute Gasteiger partial charge is 0.132 e. The first-order valence-corrected chi connectivity index (χ1v) is 9.84. The van der Waals surface area contributed by atoms with E-state index >= 15 is 0 Å². The molecule has 6 nitrogen and oxygen atoms in total. The topological polar surface area (TPSA) is 62.3 Å². The molecule has 3 unspecified atom stereocenters. The number of methoxy groups -OCH3 is 1. The van der Waals surface area contributed by atoms with E-state index in [1.807, 2.05) is 0 Å². The van der Waals surface area contributed by atoms with E-state index in [0.717, 1.165) is 31.1 Å². The van der Waals surface area contributed by atoms with Crippen molar-refractivity contribution < 1.29 is 4.74 Å². The average Bonchev–Trinajstić information content (AvgIpc) is 3.19. The minimum Gasteiger partial charge on any atom is -0.378 e. The summed E-state index contributed by atoms with van der Waals surface area (Å²) in [5, 5.41) is 0. The maximum Gasteiger partial charge on any atom is 0.132 e. The Balaban J connectivity index is 1.49. The van der Waals surface area contributed by atoms with Gasteiger partial charge in [0.2, 0.25) is 0 Å². The summed E-state index contributed by atoms with van der Waals surface area (Å²) in [6, 6.07) is 11.5. The van der Waals surface area contributed by atoms with Gasteiger partial charge < -0.3 is 9.64 Å². The van der Waals surface area contributed by atoms with E-state index in [-0.39, 0.29) is 0 Å². The van der Waals surface area contributed by atoms with Crippen molar-refractivity contribution in [2.45, 2.75) is 38.3 Å². The quantitative estimate of drug-likeness (QED) is 0.846. The molecule has 3 atom stereocenters. The van der Waals surface area contributed by atoms with Crippen LogP contribution < -0.4 is 15.8 Å². The summed E-state index contributed by atoms with van der Waals surface area (Å²) in [4.78, 5) is 11.2. The number of hydrogen-bond acceptors (Lipinski definition) is 6. The Kier molecular flexibility index (Phi) is 5.66. The van der Waals surface area contributed by atoms with Crippen LogP contribution in [0.2, 0.25) is 0 Å². The monoisotopic (exact) mass is 367 g/mol. The van der Waals surface area contributed by atoms with Crippen LogP contribution in [0.15, 0.2) is 36.7 Å². The van der Waals surface area contributed by atoms with Crippen molar-refractivity contribution in [3.63, 3.8) is 0 Å². The minimum absolute atomic E-state index is 0.441. The van der Waals surface area contributed by atoms with Gasteiger partial charge in [0.1, 0.15) is 12.1 Å². The Bertz CT molecular complexity index is 750.